The minimum absolute atomic E-state index is 0.0771. The molecule has 132 valence electrons. The molecule has 1 saturated heterocycles. The zero-order valence-electron chi connectivity index (χ0n) is 13.6. The lowest BCUT2D eigenvalue weighted by atomic mass is 9.89. The summed E-state index contributed by atoms with van der Waals surface area (Å²) in [6.07, 6.45) is 6.49. The summed E-state index contributed by atoms with van der Waals surface area (Å²) in [7, 11) is 0. The third-order valence-corrected chi connectivity index (χ3v) is 5.15. The molecule has 1 aromatic carbocycles. The standard InChI is InChI=1S/C18H19NO5S/c20-10-13-8-11(9-15-16(21)19-18(23)25-15)6-7-14(13)24-17(22)12-4-2-1-3-5-12/h6-9,12,20H,1-5,10H2,(H,19,21,23)/b15-9-. The lowest BCUT2D eigenvalue weighted by Gasteiger charge is -2.20. The van der Waals surface area contributed by atoms with Crippen molar-refractivity contribution in [3.63, 3.8) is 0 Å². The van der Waals surface area contributed by atoms with Crippen molar-refractivity contribution in [1.82, 2.24) is 5.32 Å². The number of benzene rings is 1. The van der Waals surface area contributed by atoms with E-state index in [2.05, 4.69) is 5.32 Å². The van der Waals surface area contributed by atoms with Gasteiger partial charge in [-0.05, 0) is 48.4 Å². The lowest BCUT2D eigenvalue weighted by Crippen LogP contribution is -2.23. The van der Waals surface area contributed by atoms with E-state index < -0.39 is 11.1 Å². The predicted octanol–water partition coefficient (Wildman–Crippen LogP) is 2.99. The highest BCUT2D eigenvalue weighted by molar-refractivity contribution is 8.18. The molecule has 3 rings (SSSR count). The predicted molar refractivity (Wildman–Crippen MR) is 93.7 cm³/mol. The van der Waals surface area contributed by atoms with E-state index in [0.29, 0.717) is 21.8 Å². The Morgan fingerprint density at radius 1 is 1.28 bits per heavy atom. The van der Waals surface area contributed by atoms with Gasteiger partial charge in [0.15, 0.2) is 0 Å². The normalized spacial score (nSPS) is 20.0. The molecule has 2 amide bonds. The minimum Gasteiger partial charge on any atom is -0.426 e. The van der Waals surface area contributed by atoms with Crippen molar-refractivity contribution >= 4 is 35.0 Å². The minimum atomic E-state index is -0.437. The number of aliphatic hydroxyl groups is 1. The summed E-state index contributed by atoms with van der Waals surface area (Å²) in [5.41, 5.74) is 1.11. The zero-order chi connectivity index (χ0) is 17.8. The van der Waals surface area contributed by atoms with Crippen LogP contribution < -0.4 is 10.1 Å². The number of hydrogen-bond donors (Lipinski definition) is 2. The van der Waals surface area contributed by atoms with Gasteiger partial charge in [-0.2, -0.15) is 0 Å². The van der Waals surface area contributed by atoms with Crippen LogP contribution in [-0.4, -0.2) is 22.2 Å². The quantitative estimate of drug-likeness (QED) is 0.486. The van der Waals surface area contributed by atoms with Gasteiger partial charge in [-0.15, -0.1) is 0 Å². The van der Waals surface area contributed by atoms with Crippen LogP contribution in [0.15, 0.2) is 23.1 Å². The lowest BCUT2D eigenvalue weighted by molar-refractivity contribution is -0.140. The van der Waals surface area contributed by atoms with Crippen LogP contribution in [0.25, 0.3) is 6.08 Å². The summed E-state index contributed by atoms with van der Waals surface area (Å²) in [6, 6.07) is 4.94. The molecule has 7 heteroatoms. The number of amides is 2. The first-order chi connectivity index (χ1) is 12.1. The topological polar surface area (TPSA) is 92.7 Å². The van der Waals surface area contributed by atoms with E-state index in [4.69, 9.17) is 4.74 Å². The number of ether oxygens (including phenoxy) is 1. The van der Waals surface area contributed by atoms with Crippen molar-refractivity contribution in [2.45, 2.75) is 38.7 Å². The number of carbonyl (C=O) groups excluding carboxylic acids is 3. The Kier molecular flexibility index (Phi) is 5.55. The Bertz CT molecular complexity index is 737. The summed E-state index contributed by atoms with van der Waals surface area (Å²) in [5, 5.41) is 11.4. The molecule has 0 spiro atoms. The Morgan fingerprint density at radius 3 is 2.68 bits per heavy atom. The zero-order valence-corrected chi connectivity index (χ0v) is 14.4. The molecule has 0 atom stereocenters. The first-order valence-electron chi connectivity index (χ1n) is 8.27. The van der Waals surface area contributed by atoms with Crippen LogP contribution in [0.4, 0.5) is 4.79 Å². The molecular weight excluding hydrogens is 342 g/mol. The molecule has 1 aromatic rings. The molecular formula is C18H19NO5S. The first-order valence-corrected chi connectivity index (χ1v) is 9.09. The highest BCUT2D eigenvalue weighted by atomic mass is 32.2. The first kappa shape index (κ1) is 17.7. The molecule has 0 aromatic heterocycles. The largest absolute Gasteiger partial charge is 0.426 e. The maximum absolute atomic E-state index is 12.3. The van der Waals surface area contributed by atoms with Crippen molar-refractivity contribution in [3.8, 4) is 5.75 Å². The highest BCUT2D eigenvalue weighted by Crippen LogP contribution is 2.29. The Balaban J connectivity index is 1.75. The molecule has 25 heavy (non-hydrogen) atoms. The third-order valence-electron chi connectivity index (χ3n) is 4.34. The van der Waals surface area contributed by atoms with E-state index in [0.717, 1.165) is 43.9 Å². The van der Waals surface area contributed by atoms with Gasteiger partial charge in [-0.1, -0.05) is 25.3 Å². The average molecular weight is 361 g/mol. The molecule has 0 unspecified atom stereocenters. The molecule has 1 heterocycles. The monoisotopic (exact) mass is 361 g/mol. The van der Waals surface area contributed by atoms with E-state index in [9.17, 15) is 19.5 Å². The second-order valence-corrected chi connectivity index (χ2v) is 7.15. The summed E-state index contributed by atoms with van der Waals surface area (Å²) in [5.74, 6) is -0.434. The molecule has 1 aliphatic carbocycles. The van der Waals surface area contributed by atoms with Crippen molar-refractivity contribution in [3.05, 3.63) is 34.2 Å². The fourth-order valence-electron chi connectivity index (χ4n) is 3.01. The Morgan fingerprint density at radius 2 is 2.04 bits per heavy atom. The average Bonchev–Trinajstić information content (AvgIpc) is 2.94. The Hall–Kier alpha value is -2.12. The molecule has 6 nitrogen and oxygen atoms in total. The van der Waals surface area contributed by atoms with Gasteiger partial charge >= 0.3 is 5.97 Å². The maximum atomic E-state index is 12.3. The fourth-order valence-corrected chi connectivity index (χ4v) is 3.70. The number of nitrogens with one attached hydrogen (secondary N) is 1. The van der Waals surface area contributed by atoms with Gasteiger partial charge in [0, 0.05) is 5.56 Å². The van der Waals surface area contributed by atoms with E-state index >= 15 is 0 Å². The highest BCUT2D eigenvalue weighted by Gasteiger charge is 2.26. The SMILES string of the molecule is O=C1NC(=O)/C(=C/c2ccc(OC(=O)C3CCCCC3)c(CO)c2)S1. The molecule has 0 radical (unpaired) electrons. The third kappa shape index (κ3) is 4.29. The molecule has 2 fully saturated rings. The number of carbonyl (C=O) groups is 3. The van der Waals surface area contributed by atoms with Crippen molar-refractivity contribution in [1.29, 1.82) is 0 Å². The number of imide groups is 1. The van der Waals surface area contributed by atoms with Crippen LogP contribution in [0.1, 0.15) is 43.2 Å². The van der Waals surface area contributed by atoms with Crippen LogP contribution in [0.2, 0.25) is 0 Å². The summed E-state index contributed by atoms with van der Waals surface area (Å²) < 4.78 is 5.48. The van der Waals surface area contributed by atoms with Gasteiger partial charge in [0.05, 0.1) is 17.4 Å². The second-order valence-electron chi connectivity index (χ2n) is 6.13. The van der Waals surface area contributed by atoms with Crippen molar-refractivity contribution < 1.29 is 24.2 Å². The van der Waals surface area contributed by atoms with Crippen LogP contribution in [0.5, 0.6) is 5.75 Å². The van der Waals surface area contributed by atoms with Crippen LogP contribution >= 0.6 is 11.8 Å². The Labute approximate surface area is 149 Å². The van der Waals surface area contributed by atoms with Gasteiger partial charge in [0.1, 0.15) is 5.75 Å². The van der Waals surface area contributed by atoms with Gasteiger partial charge in [0.2, 0.25) is 0 Å². The van der Waals surface area contributed by atoms with Gasteiger partial charge in [-0.25, -0.2) is 0 Å². The van der Waals surface area contributed by atoms with Crippen LogP contribution in [0, 0.1) is 5.92 Å². The number of thioether (sulfide) groups is 1. The number of rotatable bonds is 4. The van der Waals surface area contributed by atoms with E-state index in [1.807, 2.05) is 0 Å². The maximum Gasteiger partial charge on any atom is 0.314 e. The van der Waals surface area contributed by atoms with E-state index in [1.54, 1.807) is 24.3 Å². The second kappa shape index (κ2) is 7.84. The number of aliphatic hydroxyl groups excluding tert-OH is 1. The molecule has 0 bridgehead atoms. The summed E-state index contributed by atoms with van der Waals surface area (Å²) >= 11 is 0.829. The van der Waals surface area contributed by atoms with Crippen LogP contribution in [0.3, 0.4) is 0 Å². The molecule has 2 N–H and O–H groups in total. The van der Waals surface area contributed by atoms with E-state index in [1.165, 1.54) is 0 Å². The molecule has 1 aliphatic heterocycles. The molecule has 2 aliphatic rings. The smallest absolute Gasteiger partial charge is 0.314 e. The molecule has 1 saturated carbocycles. The fraction of sp³-hybridized carbons (Fsp3) is 0.389. The van der Waals surface area contributed by atoms with E-state index in [-0.39, 0.29) is 18.5 Å². The van der Waals surface area contributed by atoms with Crippen molar-refractivity contribution in [2.24, 2.45) is 5.92 Å². The van der Waals surface area contributed by atoms with Gasteiger partial charge in [0.25, 0.3) is 11.1 Å². The van der Waals surface area contributed by atoms with Crippen LogP contribution in [-0.2, 0) is 16.2 Å². The summed E-state index contributed by atoms with van der Waals surface area (Å²) in [4.78, 5) is 35.3. The summed E-state index contributed by atoms with van der Waals surface area (Å²) in [6.45, 7) is -0.289. The van der Waals surface area contributed by atoms with Gasteiger partial charge < -0.3 is 9.84 Å². The van der Waals surface area contributed by atoms with Crippen molar-refractivity contribution in [2.75, 3.05) is 0 Å². The number of hydrogen-bond acceptors (Lipinski definition) is 6. The van der Waals surface area contributed by atoms with Gasteiger partial charge in [-0.3, -0.25) is 19.7 Å². The number of esters is 1.